The predicted molar refractivity (Wildman–Crippen MR) is 65.4 cm³/mol. The number of nitrogens with one attached hydrogen (secondary N) is 2. The smallest absolute Gasteiger partial charge is 0.337 e. The summed E-state index contributed by atoms with van der Waals surface area (Å²) in [5, 5.41) is 5.72. The molecule has 0 unspecified atom stereocenters. The van der Waals surface area contributed by atoms with Gasteiger partial charge in [0.2, 0.25) is 5.91 Å². The number of carbonyl (C=O) groups excluding carboxylic acids is 2. The van der Waals surface area contributed by atoms with E-state index < -0.39 is 5.97 Å². The monoisotopic (exact) mass is 256 g/mol. The second kappa shape index (κ2) is 5.65. The molecule has 92 valence electrons. The minimum Gasteiger partial charge on any atom is -0.465 e. The van der Waals surface area contributed by atoms with Gasteiger partial charge in [-0.25, -0.2) is 4.79 Å². The molecule has 2 rings (SSSR count). The van der Waals surface area contributed by atoms with Crippen LogP contribution in [0.3, 0.4) is 0 Å². The lowest BCUT2D eigenvalue weighted by atomic mass is 10.1. The van der Waals surface area contributed by atoms with Crippen LogP contribution in [0.4, 0.5) is 5.69 Å². The van der Waals surface area contributed by atoms with Crippen molar-refractivity contribution in [3.63, 3.8) is 0 Å². The lowest BCUT2D eigenvalue weighted by molar-refractivity contribution is -0.115. The fraction of sp³-hybridized carbons (Fsp3) is 0.273. The quantitative estimate of drug-likeness (QED) is 0.734. The number of benzene rings is 1. The SMILES string of the molecule is COC(=O)c1ccc2c(c1)NC(=O)CNC2.Cl. The number of fused-ring (bicyclic) bond motifs is 1. The van der Waals surface area contributed by atoms with Gasteiger partial charge in [0.05, 0.1) is 19.2 Å². The summed E-state index contributed by atoms with van der Waals surface area (Å²) in [4.78, 5) is 22.6. The third-order valence-electron chi connectivity index (χ3n) is 2.41. The van der Waals surface area contributed by atoms with E-state index >= 15 is 0 Å². The van der Waals surface area contributed by atoms with Crippen LogP contribution in [0.25, 0.3) is 0 Å². The first kappa shape index (κ1) is 13.5. The molecule has 1 aromatic rings. The second-order valence-electron chi connectivity index (χ2n) is 3.52. The van der Waals surface area contributed by atoms with Crippen molar-refractivity contribution in [3.8, 4) is 0 Å². The maximum atomic E-state index is 11.3. The molecule has 0 saturated carbocycles. The molecule has 0 atom stereocenters. The average Bonchev–Trinajstić information content (AvgIpc) is 2.47. The molecule has 0 radical (unpaired) electrons. The van der Waals surface area contributed by atoms with Gasteiger partial charge in [-0.3, -0.25) is 4.79 Å². The highest BCUT2D eigenvalue weighted by atomic mass is 35.5. The Hall–Kier alpha value is -1.59. The molecule has 6 heteroatoms. The van der Waals surface area contributed by atoms with E-state index in [1.165, 1.54) is 7.11 Å². The molecule has 0 fully saturated rings. The number of amides is 1. The van der Waals surface area contributed by atoms with Crippen LogP contribution in [-0.4, -0.2) is 25.5 Å². The van der Waals surface area contributed by atoms with Crippen molar-refractivity contribution in [2.75, 3.05) is 19.0 Å². The van der Waals surface area contributed by atoms with Crippen molar-refractivity contribution in [2.45, 2.75) is 6.54 Å². The fourth-order valence-corrected chi connectivity index (χ4v) is 1.60. The molecule has 0 bridgehead atoms. The molecule has 5 nitrogen and oxygen atoms in total. The zero-order valence-corrected chi connectivity index (χ0v) is 10.1. The minimum absolute atomic E-state index is 0. The van der Waals surface area contributed by atoms with Gasteiger partial charge in [0.25, 0.3) is 0 Å². The molecule has 0 aliphatic carbocycles. The standard InChI is InChI=1S/C11H12N2O3.ClH/c1-16-11(15)7-2-3-8-5-12-6-10(14)13-9(8)4-7;/h2-4,12H,5-6H2,1H3,(H,13,14);1H. The Bertz CT molecular complexity index is 448. The molecule has 1 aliphatic heterocycles. The number of ether oxygens (including phenoxy) is 1. The van der Waals surface area contributed by atoms with Crippen LogP contribution in [0, 0.1) is 0 Å². The molecule has 0 saturated heterocycles. The molecule has 1 amide bonds. The summed E-state index contributed by atoms with van der Waals surface area (Å²) in [6.07, 6.45) is 0. The highest BCUT2D eigenvalue weighted by Crippen LogP contribution is 2.19. The Labute approximate surface area is 105 Å². The van der Waals surface area contributed by atoms with Crippen molar-refractivity contribution < 1.29 is 14.3 Å². The van der Waals surface area contributed by atoms with E-state index in [4.69, 9.17) is 0 Å². The third kappa shape index (κ3) is 2.95. The summed E-state index contributed by atoms with van der Waals surface area (Å²) in [6, 6.07) is 5.12. The number of anilines is 1. The Morgan fingerprint density at radius 3 is 2.82 bits per heavy atom. The summed E-state index contributed by atoms with van der Waals surface area (Å²) in [6.45, 7) is 0.887. The first-order valence-corrected chi connectivity index (χ1v) is 4.92. The molecule has 1 aromatic carbocycles. The zero-order chi connectivity index (χ0) is 11.5. The summed E-state index contributed by atoms with van der Waals surface area (Å²) in [5.74, 6) is -0.518. The van der Waals surface area contributed by atoms with E-state index in [-0.39, 0.29) is 24.9 Å². The molecular weight excluding hydrogens is 244 g/mol. The van der Waals surface area contributed by atoms with Gasteiger partial charge in [-0.2, -0.15) is 0 Å². The first-order chi connectivity index (χ1) is 7.70. The van der Waals surface area contributed by atoms with E-state index in [0.717, 1.165) is 5.56 Å². The second-order valence-corrected chi connectivity index (χ2v) is 3.52. The Kier molecular flexibility index (Phi) is 4.48. The highest BCUT2D eigenvalue weighted by Gasteiger charge is 2.14. The summed E-state index contributed by atoms with van der Waals surface area (Å²) in [7, 11) is 1.33. The fourth-order valence-electron chi connectivity index (χ4n) is 1.60. The maximum absolute atomic E-state index is 11.3. The number of esters is 1. The van der Waals surface area contributed by atoms with E-state index in [1.54, 1.807) is 18.2 Å². The van der Waals surface area contributed by atoms with E-state index in [9.17, 15) is 9.59 Å². The van der Waals surface area contributed by atoms with Crippen LogP contribution in [0.5, 0.6) is 0 Å². The van der Waals surface area contributed by atoms with Crippen molar-refractivity contribution in [2.24, 2.45) is 0 Å². The number of halogens is 1. The van der Waals surface area contributed by atoms with E-state index in [0.29, 0.717) is 17.8 Å². The van der Waals surface area contributed by atoms with Gasteiger partial charge >= 0.3 is 5.97 Å². The summed E-state index contributed by atoms with van der Waals surface area (Å²) >= 11 is 0. The van der Waals surface area contributed by atoms with Crippen molar-refractivity contribution in [1.29, 1.82) is 0 Å². The van der Waals surface area contributed by atoms with Gasteiger partial charge in [-0.05, 0) is 17.7 Å². The van der Waals surface area contributed by atoms with Gasteiger partial charge in [-0.1, -0.05) is 6.07 Å². The lowest BCUT2D eigenvalue weighted by Gasteiger charge is -2.07. The molecule has 1 heterocycles. The van der Waals surface area contributed by atoms with Crippen LogP contribution < -0.4 is 10.6 Å². The lowest BCUT2D eigenvalue weighted by Crippen LogP contribution is -2.23. The summed E-state index contributed by atoms with van der Waals surface area (Å²) < 4.78 is 4.62. The molecular formula is C11H13ClN2O3. The molecule has 17 heavy (non-hydrogen) atoms. The Balaban J connectivity index is 0.00000144. The van der Waals surface area contributed by atoms with Crippen molar-refractivity contribution in [1.82, 2.24) is 5.32 Å². The van der Waals surface area contributed by atoms with Crippen LogP contribution in [0.2, 0.25) is 0 Å². The largest absolute Gasteiger partial charge is 0.465 e. The normalized spacial score (nSPS) is 13.8. The predicted octanol–water partition coefficient (Wildman–Crippen LogP) is 0.937. The molecule has 2 N–H and O–H groups in total. The van der Waals surface area contributed by atoms with E-state index in [2.05, 4.69) is 15.4 Å². The Morgan fingerprint density at radius 1 is 1.35 bits per heavy atom. The zero-order valence-electron chi connectivity index (χ0n) is 9.28. The maximum Gasteiger partial charge on any atom is 0.337 e. The molecule has 0 spiro atoms. The van der Waals surface area contributed by atoms with Crippen molar-refractivity contribution >= 4 is 30.0 Å². The van der Waals surface area contributed by atoms with Crippen LogP contribution in [0.15, 0.2) is 18.2 Å². The third-order valence-corrected chi connectivity index (χ3v) is 2.41. The van der Waals surface area contributed by atoms with Gasteiger partial charge < -0.3 is 15.4 Å². The number of hydrogen-bond donors (Lipinski definition) is 2. The topological polar surface area (TPSA) is 67.4 Å². The summed E-state index contributed by atoms with van der Waals surface area (Å²) in [5.41, 5.74) is 2.06. The highest BCUT2D eigenvalue weighted by molar-refractivity contribution is 5.96. The van der Waals surface area contributed by atoms with Crippen LogP contribution in [0.1, 0.15) is 15.9 Å². The van der Waals surface area contributed by atoms with Crippen LogP contribution >= 0.6 is 12.4 Å². The number of rotatable bonds is 1. The van der Waals surface area contributed by atoms with Gasteiger partial charge in [-0.15, -0.1) is 12.4 Å². The molecule has 1 aliphatic rings. The average molecular weight is 257 g/mol. The number of hydrogen-bond acceptors (Lipinski definition) is 4. The van der Waals surface area contributed by atoms with Crippen LogP contribution in [-0.2, 0) is 16.1 Å². The van der Waals surface area contributed by atoms with Gasteiger partial charge in [0.1, 0.15) is 0 Å². The number of methoxy groups -OCH3 is 1. The Morgan fingerprint density at radius 2 is 2.12 bits per heavy atom. The first-order valence-electron chi connectivity index (χ1n) is 4.92. The van der Waals surface area contributed by atoms with E-state index in [1.807, 2.05) is 0 Å². The minimum atomic E-state index is -0.408. The molecule has 0 aromatic heterocycles. The van der Waals surface area contributed by atoms with Gasteiger partial charge in [0, 0.05) is 12.2 Å². The number of carbonyl (C=O) groups is 2. The van der Waals surface area contributed by atoms with Crippen molar-refractivity contribution in [3.05, 3.63) is 29.3 Å². The van der Waals surface area contributed by atoms with Gasteiger partial charge in [0.15, 0.2) is 0 Å².